The molecule has 0 unspecified atom stereocenters. The third kappa shape index (κ3) is 2.32. The van der Waals surface area contributed by atoms with Crippen molar-refractivity contribution in [3.8, 4) is 0 Å². The second-order valence-corrected chi connectivity index (χ2v) is 4.69. The Balaban J connectivity index is 2.14. The van der Waals surface area contributed by atoms with Crippen LogP contribution in [-0.4, -0.2) is 14.5 Å². The number of rotatable bonds is 3. The van der Waals surface area contributed by atoms with Crippen LogP contribution in [0.4, 0.5) is 10.1 Å². The number of fused-ring (bicyclic) bond motifs is 1. The minimum atomic E-state index is -0.728. The maximum atomic E-state index is 13.9. The van der Waals surface area contributed by atoms with Crippen LogP contribution in [0.15, 0.2) is 53.6 Å². The van der Waals surface area contributed by atoms with Gasteiger partial charge in [-0.1, -0.05) is 18.2 Å². The van der Waals surface area contributed by atoms with Crippen LogP contribution < -0.4 is 5.56 Å². The number of nitro benzene ring substituents is 1. The molecule has 7 heteroatoms. The molecule has 1 heterocycles. The van der Waals surface area contributed by atoms with Crippen LogP contribution in [0.1, 0.15) is 5.56 Å². The lowest BCUT2D eigenvalue weighted by Crippen LogP contribution is -2.22. The predicted molar refractivity (Wildman–Crippen MR) is 78.2 cm³/mol. The number of aromatic nitrogens is 2. The van der Waals surface area contributed by atoms with Crippen LogP contribution in [0.25, 0.3) is 10.9 Å². The first-order chi connectivity index (χ1) is 10.6. The van der Waals surface area contributed by atoms with Crippen molar-refractivity contribution >= 4 is 16.6 Å². The fraction of sp³-hybridized carbons (Fsp3) is 0.0667. The molecule has 0 radical (unpaired) electrons. The molecule has 0 N–H and O–H groups in total. The second kappa shape index (κ2) is 5.36. The van der Waals surface area contributed by atoms with Gasteiger partial charge < -0.3 is 0 Å². The van der Waals surface area contributed by atoms with Gasteiger partial charge in [0.15, 0.2) is 0 Å². The topological polar surface area (TPSA) is 78.0 Å². The van der Waals surface area contributed by atoms with Crippen molar-refractivity contribution in [3.05, 3.63) is 80.6 Å². The first-order valence-electron chi connectivity index (χ1n) is 6.44. The maximum absolute atomic E-state index is 13.9. The Morgan fingerprint density at radius 3 is 2.73 bits per heavy atom. The quantitative estimate of drug-likeness (QED) is 0.550. The van der Waals surface area contributed by atoms with Crippen LogP contribution in [0.3, 0.4) is 0 Å². The Bertz CT molecular complexity index is 937. The summed E-state index contributed by atoms with van der Waals surface area (Å²) in [5.74, 6) is -0.728. The first kappa shape index (κ1) is 13.9. The largest absolute Gasteiger partial charge is 0.294 e. The summed E-state index contributed by atoms with van der Waals surface area (Å²) in [6, 6.07) is 10.3. The van der Waals surface area contributed by atoms with Crippen LogP contribution in [0.2, 0.25) is 0 Å². The van der Waals surface area contributed by atoms with Gasteiger partial charge in [-0.2, -0.15) is 0 Å². The molecule has 110 valence electrons. The molecule has 0 spiro atoms. The maximum Gasteiger partial charge on any atom is 0.277 e. The Morgan fingerprint density at radius 2 is 1.95 bits per heavy atom. The Hall–Kier alpha value is -3.09. The van der Waals surface area contributed by atoms with Crippen LogP contribution >= 0.6 is 0 Å². The average molecular weight is 299 g/mol. The van der Waals surface area contributed by atoms with Gasteiger partial charge in [-0.05, 0) is 18.2 Å². The molecule has 0 amide bonds. The minimum absolute atomic E-state index is 0.147. The van der Waals surface area contributed by atoms with Gasteiger partial charge in [0.25, 0.3) is 11.2 Å². The van der Waals surface area contributed by atoms with E-state index < -0.39 is 10.7 Å². The van der Waals surface area contributed by atoms with Gasteiger partial charge in [0.05, 0.1) is 34.3 Å². The number of benzene rings is 2. The summed E-state index contributed by atoms with van der Waals surface area (Å²) in [6.07, 6.45) is 1.26. The smallest absolute Gasteiger partial charge is 0.277 e. The fourth-order valence-corrected chi connectivity index (χ4v) is 2.26. The lowest BCUT2D eigenvalue weighted by atomic mass is 10.1. The molecule has 0 saturated carbocycles. The molecule has 0 saturated heterocycles. The highest BCUT2D eigenvalue weighted by Gasteiger charge is 2.18. The van der Waals surface area contributed by atoms with Crippen molar-refractivity contribution < 1.29 is 9.31 Å². The molecule has 0 aliphatic heterocycles. The number of nitrogens with zero attached hydrogens (tertiary/aromatic N) is 3. The van der Waals surface area contributed by atoms with Crippen LogP contribution in [-0.2, 0) is 6.54 Å². The van der Waals surface area contributed by atoms with E-state index in [1.165, 1.54) is 18.5 Å². The van der Waals surface area contributed by atoms with Gasteiger partial charge in [-0.3, -0.25) is 19.5 Å². The number of halogens is 1. The lowest BCUT2D eigenvalue weighted by molar-refractivity contribution is -0.385. The van der Waals surface area contributed by atoms with Crippen molar-refractivity contribution in [1.29, 1.82) is 0 Å². The Labute approximate surface area is 123 Å². The zero-order valence-corrected chi connectivity index (χ0v) is 11.3. The van der Waals surface area contributed by atoms with Crippen LogP contribution in [0.5, 0.6) is 0 Å². The van der Waals surface area contributed by atoms with Crippen molar-refractivity contribution in [3.63, 3.8) is 0 Å². The van der Waals surface area contributed by atoms with E-state index in [9.17, 15) is 19.3 Å². The van der Waals surface area contributed by atoms with Gasteiger partial charge in [-0.25, -0.2) is 9.37 Å². The summed E-state index contributed by atoms with van der Waals surface area (Å²) >= 11 is 0. The van der Waals surface area contributed by atoms with E-state index in [0.717, 1.165) is 10.6 Å². The summed E-state index contributed by atoms with van der Waals surface area (Å²) in [5.41, 5.74) is -0.360. The van der Waals surface area contributed by atoms with E-state index >= 15 is 0 Å². The molecular formula is C15H10FN3O3. The molecule has 1 aromatic heterocycles. The molecule has 0 atom stereocenters. The third-order valence-corrected chi connectivity index (χ3v) is 3.35. The summed E-state index contributed by atoms with van der Waals surface area (Å²) in [6.45, 7) is -0.250. The SMILES string of the molecule is O=c1c2ccccc2ncn1Cc1c(F)cccc1[N+](=O)[O-]. The van der Waals surface area contributed by atoms with Crippen molar-refractivity contribution in [2.75, 3.05) is 0 Å². The molecule has 2 aromatic carbocycles. The normalized spacial score (nSPS) is 10.8. The minimum Gasteiger partial charge on any atom is -0.294 e. The molecular weight excluding hydrogens is 289 g/mol. The summed E-state index contributed by atoms with van der Waals surface area (Å²) in [5, 5.41) is 11.4. The highest BCUT2D eigenvalue weighted by Crippen LogP contribution is 2.22. The zero-order valence-electron chi connectivity index (χ0n) is 11.3. The van der Waals surface area contributed by atoms with Gasteiger partial charge in [0, 0.05) is 6.07 Å². The monoisotopic (exact) mass is 299 g/mol. The molecule has 0 fully saturated rings. The van der Waals surface area contributed by atoms with Gasteiger partial charge >= 0.3 is 0 Å². The second-order valence-electron chi connectivity index (χ2n) is 4.69. The number of hydrogen-bond donors (Lipinski definition) is 0. The highest BCUT2D eigenvalue weighted by molar-refractivity contribution is 5.76. The molecule has 0 bridgehead atoms. The Kier molecular flexibility index (Phi) is 3.38. The van der Waals surface area contributed by atoms with Gasteiger partial charge in [0.1, 0.15) is 5.82 Å². The van der Waals surface area contributed by atoms with Crippen molar-refractivity contribution in [2.45, 2.75) is 6.54 Å². The van der Waals surface area contributed by atoms with Crippen molar-refractivity contribution in [2.24, 2.45) is 0 Å². The van der Waals surface area contributed by atoms with Crippen molar-refractivity contribution in [1.82, 2.24) is 9.55 Å². The van der Waals surface area contributed by atoms with E-state index in [1.807, 2.05) is 0 Å². The molecule has 22 heavy (non-hydrogen) atoms. The van der Waals surface area contributed by atoms with E-state index in [-0.39, 0.29) is 23.4 Å². The average Bonchev–Trinajstić information content (AvgIpc) is 2.51. The fourth-order valence-electron chi connectivity index (χ4n) is 2.26. The third-order valence-electron chi connectivity index (χ3n) is 3.35. The number of nitro groups is 1. The van der Waals surface area contributed by atoms with Crippen LogP contribution in [0, 0.1) is 15.9 Å². The molecule has 6 nitrogen and oxygen atoms in total. The van der Waals surface area contributed by atoms with E-state index in [1.54, 1.807) is 24.3 Å². The Morgan fingerprint density at radius 1 is 1.18 bits per heavy atom. The van der Waals surface area contributed by atoms with E-state index in [0.29, 0.717) is 10.9 Å². The summed E-state index contributed by atoms with van der Waals surface area (Å²) < 4.78 is 15.1. The van der Waals surface area contributed by atoms with Gasteiger partial charge in [-0.15, -0.1) is 0 Å². The molecule has 3 aromatic rings. The van der Waals surface area contributed by atoms with E-state index in [4.69, 9.17) is 0 Å². The number of hydrogen-bond acceptors (Lipinski definition) is 4. The highest BCUT2D eigenvalue weighted by atomic mass is 19.1. The molecule has 0 aliphatic carbocycles. The standard InChI is InChI=1S/C15H10FN3O3/c16-12-5-3-7-14(19(21)22)11(12)8-18-9-17-13-6-2-1-4-10(13)15(18)20/h1-7,9H,8H2. The number of para-hydroxylation sites is 1. The zero-order chi connectivity index (χ0) is 15.7. The lowest BCUT2D eigenvalue weighted by Gasteiger charge is -2.08. The summed E-state index contributed by atoms with van der Waals surface area (Å²) in [7, 11) is 0. The first-order valence-corrected chi connectivity index (χ1v) is 6.44. The molecule has 3 rings (SSSR count). The van der Waals surface area contributed by atoms with E-state index in [2.05, 4.69) is 4.98 Å². The van der Waals surface area contributed by atoms with Gasteiger partial charge in [0.2, 0.25) is 0 Å². The predicted octanol–water partition coefficient (Wildman–Crippen LogP) is 2.49. The molecule has 0 aliphatic rings. The summed E-state index contributed by atoms with van der Waals surface area (Å²) in [4.78, 5) is 26.8.